The Kier molecular flexibility index (Phi) is 3.63. The van der Waals surface area contributed by atoms with Crippen LogP contribution >= 0.6 is 11.3 Å². The quantitative estimate of drug-likeness (QED) is 0.927. The predicted molar refractivity (Wildman–Crippen MR) is 89.0 cm³/mol. The number of nitrogens with zero attached hydrogens (tertiary/aromatic N) is 2. The first-order chi connectivity index (χ1) is 9.97. The molecule has 1 fully saturated rings. The van der Waals surface area contributed by atoms with Crippen LogP contribution in [0.2, 0.25) is 0 Å². The summed E-state index contributed by atoms with van der Waals surface area (Å²) in [5, 5.41) is 1.01. The fraction of sp³-hybridized carbons (Fsp3) is 0.438. The number of amides is 1. The molecule has 3 rings (SSSR count). The molecule has 2 heterocycles. The zero-order valence-electron chi connectivity index (χ0n) is 12.7. The van der Waals surface area contributed by atoms with E-state index in [-0.39, 0.29) is 5.91 Å². The van der Waals surface area contributed by atoms with Crippen LogP contribution < -0.4 is 5.73 Å². The van der Waals surface area contributed by atoms with Gasteiger partial charge in [0, 0.05) is 29.2 Å². The largest absolute Gasteiger partial charge is 0.397 e. The Morgan fingerprint density at radius 3 is 2.86 bits per heavy atom. The second kappa shape index (κ2) is 5.31. The van der Waals surface area contributed by atoms with Crippen molar-refractivity contribution in [3.8, 4) is 0 Å². The van der Waals surface area contributed by atoms with Gasteiger partial charge in [0.25, 0.3) is 5.91 Å². The molecule has 1 aromatic heterocycles. The van der Waals surface area contributed by atoms with Crippen LogP contribution in [0.3, 0.4) is 0 Å². The van der Waals surface area contributed by atoms with Crippen molar-refractivity contribution in [1.29, 1.82) is 0 Å². The van der Waals surface area contributed by atoms with Gasteiger partial charge in [0.05, 0.1) is 5.69 Å². The van der Waals surface area contributed by atoms with E-state index in [1.54, 1.807) is 0 Å². The lowest BCUT2D eigenvalue weighted by Gasteiger charge is -2.20. The van der Waals surface area contributed by atoms with Crippen LogP contribution in [0.4, 0.5) is 5.69 Å². The van der Waals surface area contributed by atoms with Gasteiger partial charge in [0.1, 0.15) is 4.88 Å². The van der Waals surface area contributed by atoms with Crippen molar-refractivity contribution in [3.05, 3.63) is 28.6 Å². The third kappa shape index (κ3) is 2.51. The Morgan fingerprint density at radius 2 is 2.19 bits per heavy atom. The predicted octanol–water partition coefficient (Wildman–Crippen LogP) is 2.57. The molecule has 1 aliphatic rings. The maximum absolute atomic E-state index is 12.7. The van der Waals surface area contributed by atoms with Crippen LogP contribution in [0.25, 0.3) is 10.1 Å². The molecule has 1 atom stereocenters. The monoisotopic (exact) mass is 303 g/mol. The molecule has 0 radical (unpaired) electrons. The number of likely N-dealkylation sites (tertiary alicyclic amines) is 1. The summed E-state index contributed by atoms with van der Waals surface area (Å²) in [5.74, 6) is 0.0794. The van der Waals surface area contributed by atoms with Gasteiger partial charge in [-0.15, -0.1) is 11.3 Å². The van der Waals surface area contributed by atoms with Crippen molar-refractivity contribution in [1.82, 2.24) is 9.80 Å². The summed E-state index contributed by atoms with van der Waals surface area (Å²) in [6.07, 6.45) is 1.03. The number of carbonyl (C=O) groups is 1. The highest BCUT2D eigenvalue weighted by atomic mass is 32.1. The molecule has 21 heavy (non-hydrogen) atoms. The van der Waals surface area contributed by atoms with E-state index in [0.717, 1.165) is 29.6 Å². The van der Waals surface area contributed by atoms with Crippen LogP contribution in [0.1, 0.15) is 21.7 Å². The summed E-state index contributed by atoms with van der Waals surface area (Å²) in [5.41, 5.74) is 8.03. The Balaban J connectivity index is 1.90. The Morgan fingerprint density at radius 1 is 1.43 bits per heavy atom. The molecular formula is C16H21N3OS. The van der Waals surface area contributed by atoms with E-state index in [9.17, 15) is 4.79 Å². The van der Waals surface area contributed by atoms with Gasteiger partial charge in [0.15, 0.2) is 0 Å². The van der Waals surface area contributed by atoms with Crippen molar-refractivity contribution in [2.24, 2.45) is 0 Å². The number of carbonyl (C=O) groups excluding carboxylic acids is 1. The zero-order chi connectivity index (χ0) is 15.1. The number of nitrogen functional groups attached to an aromatic ring is 1. The third-order valence-corrected chi connectivity index (χ3v) is 5.43. The summed E-state index contributed by atoms with van der Waals surface area (Å²) >= 11 is 1.51. The number of rotatable bonds is 2. The van der Waals surface area contributed by atoms with Crippen molar-refractivity contribution in [3.63, 3.8) is 0 Å². The molecule has 1 amide bonds. The summed E-state index contributed by atoms with van der Waals surface area (Å²) in [7, 11) is 4.13. The Labute approximate surface area is 129 Å². The van der Waals surface area contributed by atoms with Gasteiger partial charge in [0.2, 0.25) is 0 Å². The van der Waals surface area contributed by atoms with E-state index in [1.165, 1.54) is 16.9 Å². The van der Waals surface area contributed by atoms with Crippen LogP contribution in [-0.4, -0.2) is 48.9 Å². The van der Waals surface area contributed by atoms with Gasteiger partial charge in [-0.2, -0.15) is 0 Å². The molecule has 4 nitrogen and oxygen atoms in total. The van der Waals surface area contributed by atoms with Gasteiger partial charge in [-0.3, -0.25) is 4.79 Å². The van der Waals surface area contributed by atoms with E-state index in [0.29, 0.717) is 16.6 Å². The van der Waals surface area contributed by atoms with Gasteiger partial charge in [-0.25, -0.2) is 0 Å². The minimum absolute atomic E-state index is 0.0794. The average molecular weight is 303 g/mol. The fourth-order valence-electron chi connectivity index (χ4n) is 2.88. The molecule has 1 aliphatic heterocycles. The topological polar surface area (TPSA) is 49.6 Å². The smallest absolute Gasteiger partial charge is 0.266 e. The molecule has 1 saturated heterocycles. The van der Waals surface area contributed by atoms with Gasteiger partial charge >= 0.3 is 0 Å². The lowest BCUT2D eigenvalue weighted by Crippen LogP contribution is -2.34. The lowest BCUT2D eigenvalue weighted by atomic mass is 10.1. The van der Waals surface area contributed by atoms with E-state index >= 15 is 0 Å². The number of fused-ring (bicyclic) bond motifs is 1. The van der Waals surface area contributed by atoms with Crippen molar-refractivity contribution in [2.75, 3.05) is 32.9 Å². The Hall–Kier alpha value is -1.59. The number of hydrogen-bond acceptors (Lipinski definition) is 4. The summed E-state index contributed by atoms with van der Waals surface area (Å²) in [6, 6.07) is 6.62. The number of hydrogen-bond donors (Lipinski definition) is 1. The lowest BCUT2D eigenvalue weighted by molar-refractivity contribution is 0.0789. The molecule has 2 N–H and O–H groups in total. The highest BCUT2D eigenvalue weighted by Gasteiger charge is 2.30. The van der Waals surface area contributed by atoms with Crippen molar-refractivity contribution in [2.45, 2.75) is 19.4 Å². The first-order valence-electron chi connectivity index (χ1n) is 7.21. The molecule has 0 saturated carbocycles. The summed E-state index contributed by atoms with van der Waals surface area (Å²) < 4.78 is 1.09. The molecule has 1 aromatic carbocycles. The molecular weight excluding hydrogens is 282 g/mol. The molecule has 112 valence electrons. The second-order valence-corrected chi connectivity index (χ2v) is 7.05. The summed E-state index contributed by atoms with van der Waals surface area (Å²) in [6.45, 7) is 3.65. The highest BCUT2D eigenvalue weighted by Crippen LogP contribution is 2.35. The third-order valence-electron chi connectivity index (χ3n) is 4.26. The maximum Gasteiger partial charge on any atom is 0.266 e. The van der Waals surface area contributed by atoms with E-state index < -0.39 is 0 Å². The van der Waals surface area contributed by atoms with Crippen LogP contribution in [0.5, 0.6) is 0 Å². The highest BCUT2D eigenvalue weighted by molar-refractivity contribution is 7.21. The van der Waals surface area contributed by atoms with E-state index in [2.05, 4.69) is 37.2 Å². The van der Waals surface area contributed by atoms with Gasteiger partial charge in [-0.1, -0.05) is 11.6 Å². The first kappa shape index (κ1) is 14.4. The van der Waals surface area contributed by atoms with Crippen molar-refractivity contribution < 1.29 is 4.79 Å². The molecule has 0 bridgehead atoms. The molecule has 2 aromatic rings. The van der Waals surface area contributed by atoms with E-state index in [1.807, 2.05) is 11.8 Å². The number of benzene rings is 1. The first-order valence-corrected chi connectivity index (χ1v) is 8.03. The number of likely N-dealkylation sites (N-methyl/N-ethyl adjacent to an activating group) is 1. The van der Waals surface area contributed by atoms with Crippen LogP contribution in [0, 0.1) is 6.92 Å². The van der Waals surface area contributed by atoms with Crippen LogP contribution in [0.15, 0.2) is 18.2 Å². The molecule has 0 spiro atoms. The SMILES string of the molecule is Cc1ccc2sc(C(=O)N3CCC(N(C)C)C3)c(N)c2c1. The number of thiophene rings is 1. The minimum atomic E-state index is 0.0794. The summed E-state index contributed by atoms with van der Waals surface area (Å²) in [4.78, 5) is 17.5. The van der Waals surface area contributed by atoms with Gasteiger partial charge < -0.3 is 15.5 Å². The minimum Gasteiger partial charge on any atom is -0.397 e. The molecule has 5 heteroatoms. The standard InChI is InChI=1S/C16H21N3OS/c1-10-4-5-13-12(8-10)14(17)15(21-13)16(20)19-7-6-11(9-19)18(2)3/h4-5,8,11H,6-7,9,17H2,1-3H3. The van der Waals surface area contributed by atoms with Gasteiger partial charge in [-0.05, 0) is 39.6 Å². The van der Waals surface area contributed by atoms with Crippen molar-refractivity contribution >= 4 is 33.0 Å². The number of aryl methyl sites for hydroxylation is 1. The molecule has 0 aliphatic carbocycles. The maximum atomic E-state index is 12.7. The average Bonchev–Trinajstić information content (AvgIpc) is 3.04. The second-order valence-electron chi connectivity index (χ2n) is 6.00. The zero-order valence-corrected chi connectivity index (χ0v) is 13.5. The Bertz CT molecular complexity index is 692. The van der Waals surface area contributed by atoms with E-state index in [4.69, 9.17) is 5.73 Å². The normalized spacial score (nSPS) is 18.9. The molecule has 1 unspecified atom stereocenters. The number of anilines is 1. The number of nitrogens with two attached hydrogens (primary N) is 1. The van der Waals surface area contributed by atoms with Crippen LogP contribution in [-0.2, 0) is 0 Å². The fourth-order valence-corrected chi connectivity index (χ4v) is 3.95.